The number of rotatable bonds is 7. The molecule has 3 aromatic rings. The standard InChI is InChI=1S/C22H24N2O4S.ClH/c25-22-10-7-18-15-20(8-9-21(18)28-22)29(26,27)23-12-3-4-13-24-14-11-17-5-1-2-6-19(17)16-24;/h1-2,5-10,15,23H,3-4,11-14,16H2;1H. The van der Waals surface area contributed by atoms with Gasteiger partial charge in [0.15, 0.2) is 0 Å². The number of nitrogens with one attached hydrogen (secondary N) is 1. The second kappa shape index (κ2) is 9.75. The fourth-order valence-electron chi connectivity index (χ4n) is 3.71. The third-order valence-corrected chi connectivity index (χ3v) is 6.76. The summed E-state index contributed by atoms with van der Waals surface area (Å²) in [5.74, 6) is 0. The number of nitrogens with zero attached hydrogens (tertiary/aromatic N) is 1. The van der Waals surface area contributed by atoms with Crippen molar-refractivity contribution >= 4 is 33.4 Å². The molecule has 0 amide bonds. The summed E-state index contributed by atoms with van der Waals surface area (Å²) in [5, 5.41) is 0.581. The molecule has 0 saturated carbocycles. The first-order chi connectivity index (χ1) is 14.0. The molecule has 0 saturated heterocycles. The molecule has 0 spiro atoms. The number of unbranched alkanes of at least 4 members (excludes halogenated alkanes) is 1. The fourth-order valence-corrected chi connectivity index (χ4v) is 4.82. The molecule has 0 radical (unpaired) electrons. The molecule has 2 aromatic carbocycles. The van der Waals surface area contributed by atoms with Gasteiger partial charge in [0, 0.05) is 31.1 Å². The third-order valence-electron chi connectivity index (χ3n) is 5.30. The maximum absolute atomic E-state index is 12.5. The Balaban J connectivity index is 0.00000256. The van der Waals surface area contributed by atoms with Crippen molar-refractivity contribution in [3.8, 4) is 0 Å². The molecule has 1 aliphatic rings. The highest BCUT2D eigenvalue weighted by atomic mass is 35.5. The number of hydrogen-bond donors (Lipinski definition) is 1. The summed E-state index contributed by atoms with van der Waals surface area (Å²) in [6, 6.07) is 15.9. The zero-order valence-corrected chi connectivity index (χ0v) is 18.2. The van der Waals surface area contributed by atoms with Crippen LogP contribution in [0.15, 0.2) is 68.7 Å². The van der Waals surface area contributed by atoms with E-state index in [4.69, 9.17) is 4.42 Å². The van der Waals surface area contributed by atoms with Crippen molar-refractivity contribution in [1.29, 1.82) is 0 Å². The van der Waals surface area contributed by atoms with Gasteiger partial charge in [-0.25, -0.2) is 17.9 Å². The highest BCUT2D eigenvalue weighted by Gasteiger charge is 2.16. The average Bonchev–Trinajstić information content (AvgIpc) is 2.73. The highest BCUT2D eigenvalue weighted by Crippen LogP contribution is 2.19. The van der Waals surface area contributed by atoms with Crippen LogP contribution in [0.25, 0.3) is 11.0 Å². The van der Waals surface area contributed by atoms with Gasteiger partial charge < -0.3 is 4.42 Å². The number of halogens is 1. The molecule has 6 nitrogen and oxygen atoms in total. The van der Waals surface area contributed by atoms with Crippen molar-refractivity contribution in [3.05, 3.63) is 76.1 Å². The van der Waals surface area contributed by atoms with Crippen LogP contribution in [0.1, 0.15) is 24.0 Å². The SMILES string of the molecule is Cl.O=c1ccc2cc(S(=O)(=O)NCCCCN3CCc4ccccc4C3)ccc2o1. The van der Waals surface area contributed by atoms with Gasteiger partial charge in [0.2, 0.25) is 10.0 Å². The first-order valence-corrected chi connectivity index (χ1v) is 11.3. The lowest BCUT2D eigenvalue weighted by molar-refractivity contribution is 0.249. The van der Waals surface area contributed by atoms with Crippen LogP contribution >= 0.6 is 12.4 Å². The van der Waals surface area contributed by atoms with Crippen LogP contribution in [0, 0.1) is 0 Å². The van der Waals surface area contributed by atoms with E-state index in [0.29, 0.717) is 17.5 Å². The van der Waals surface area contributed by atoms with Crippen LogP contribution in [0.3, 0.4) is 0 Å². The predicted octanol–water partition coefficient (Wildman–Crippen LogP) is 3.33. The van der Waals surface area contributed by atoms with Crippen molar-refractivity contribution in [2.45, 2.75) is 30.7 Å². The Bertz CT molecular complexity index is 1180. The van der Waals surface area contributed by atoms with E-state index in [1.807, 2.05) is 0 Å². The van der Waals surface area contributed by atoms with Crippen molar-refractivity contribution in [2.75, 3.05) is 19.6 Å². The Hall–Kier alpha value is -2.19. The lowest BCUT2D eigenvalue weighted by Gasteiger charge is -2.28. The van der Waals surface area contributed by atoms with E-state index in [1.165, 1.54) is 35.4 Å². The Labute approximate surface area is 182 Å². The van der Waals surface area contributed by atoms with E-state index in [9.17, 15) is 13.2 Å². The van der Waals surface area contributed by atoms with Gasteiger partial charge in [-0.15, -0.1) is 12.4 Å². The minimum Gasteiger partial charge on any atom is -0.423 e. The van der Waals surface area contributed by atoms with Crippen LogP contribution < -0.4 is 10.3 Å². The van der Waals surface area contributed by atoms with E-state index in [0.717, 1.165) is 38.9 Å². The molecule has 2 heterocycles. The van der Waals surface area contributed by atoms with Crippen LogP contribution in [-0.2, 0) is 23.0 Å². The zero-order valence-electron chi connectivity index (χ0n) is 16.5. The molecule has 8 heteroatoms. The molecule has 0 bridgehead atoms. The van der Waals surface area contributed by atoms with Crippen molar-refractivity contribution in [1.82, 2.24) is 9.62 Å². The van der Waals surface area contributed by atoms with E-state index < -0.39 is 15.6 Å². The van der Waals surface area contributed by atoms with Gasteiger partial charge in [0.25, 0.3) is 0 Å². The molecule has 4 rings (SSSR count). The van der Waals surface area contributed by atoms with Crippen molar-refractivity contribution in [3.63, 3.8) is 0 Å². The summed E-state index contributed by atoms with van der Waals surface area (Å²) in [4.78, 5) is 13.8. The summed E-state index contributed by atoms with van der Waals surface area (Å²) in [5.41, 5.74) is 2.75. The Morgan fingerprint density at radius 3 is 2.63 bits per heavy atom. The smallest absolute Gasteiger partial charge is 0.336 e. The maximum Gasteiger partial charge on any atom is 0.336 e. The molecule has 160 valence electrons. The van der Waals surface area contributed by atoms with Crippen LogP contribution in [0.2, 0.25) is 0 Å². The Morgan fingerprint density at radius 1 is 1.00 bits per heavy atom. The minimum atomic E-state index is -3.59. The summed E-state index contributed by atoms with van der Waals surface area (Å²) in [6.45, 7) is 3.38. The molecular weight excluding hydrogens is 424 g/mol. The predicted molar refractivity (Wildman–Crippen MR) is 120 cm³/mol. The van der Waals surface area contributed by atoms with Crippen LogP contribution in [0.5, 0.6) is 0 Å². The van der Waals surface area contributed by atoms with Gasteiger partial charge in [-0.2, -0.15) is 0 Å². The van der Waals surface area contributed by atoms with Crippen LogP contribution in [-0.4, -0.2) is 33.0 Å². The Morgan fingerprint density at radius 2 is 1.80 bits per heavy atom. The minimum absolute atomic E-state index is 0. The van der Waals surface area contributed by atoms with Gasteiger partial charge in [-0.1, -0.05) is 24.3 Å². The van der Waals surface area contributed by atoms with Gasteiger partial charge in [-0.05, 0) is 61.2 Å². The quantitative estimate of drug-likeness (QED) is 0.443. The maximum atomic E-state index is 12.5. The second-order valence-electron chi connectivity index (χ2n) is 7.35. The molecule has 1 aliphatic heterocycles. The van der Waals surface area contributed by atoms with E-state index >= 15 is 0 Å². The molecule has 0 unspecified atom stereocenters. The molecular formula is C22H25ClN2O4S. The van der Waals surface area contributed by atoms with Gasteiger partial charge in [-0.3, -0.25) is 4.90 Å². The first-order valence-electron chi connectivity index (χ1n) is 9.84. The number of benzene rings is 2. The van der Waals surface area contributed by atoms with Gasteiger partial charge in [0.1, 0.15) is 5.58 Å². The fraction of sp³-hybridized carbons (Fsp3) is 0.318. The third kappa shape index (κ3) is 5.29. The summed E-state index contributed by atoms with van der Waals surface area (Å²) < 4.78 is 32.8. The lowest BCUT2D eigenvalue weighted by atomic mass is 10.00. The number of sulfonamides is 1. The number of hydrogen-bond acceptors (Lipinski definition) is 5. The molecule has 30 heavy (non-hydrogen) atoms. The molecule has 1 N–H and O–H groups in total. The average molecular weight is 449 g/mol. The normalized spacial score (nSPS) is 14.3. The largest absolute Gasteiger partial charge is 0.423 e. The van der Waals surface area contributed by atoms with Gasteiger partial charge >= 0.3 is 5.63 Å². The van der Waals surface area contributed by atoms with Crippen molar-refractivity contribution in [2.24, 2.45) is 0 Å². The Kier molecular flexibility index (Phi) is 7.31. The molecule has 0 atom stereocenters. The van der Waals surface area contributed by atoms with E-state index in [1.54, 1.807) is 6.07 Å². The molecule has 0 fully saturated rings. The first kappa shape index (κ1) is 22.5. The van der Waals surface area contributed by atoms with E-state index in [-0.39, 0.29) is 17.3 Å². The molecule has 0 aliphatic carbocycles. The van der Waals surface area contributed by atoms with Crippen LogP contribution in [0.4, 0.5) is 0 Å². The second-order valence-corrected chi connectivity index (χ2v) is 9.12. The molecule has 1 aromatic heterocycles. The number of fused-ring (bicyclic) bond motifs is 2. The lowest BCUT2D eigenvalue weighted by Crippen LogP contribution is -2.32. The van der Waals surface area contributed by atoms with E-state index in [2.05, 4.69) is 33.9 Å². The zero-order chi connectivity index (χ0) is 20.3. The summed E-state index contributed by atoms with van der Waals surface area (Å²) in [7, 11) is -3.59. The topological polar surface area (TPSA) is 79.6 Å². The highest BCUT2D eigenvalue weighted by molar-refractivity contribution is 7.89. The van der Waals surface area contributed by atoms with Crippen molar-refractivity contribution < 1.29 is 12.8 Å². The summed E-state index contributed by atoms with van der Waals surface area (Å²) >= 11 is 0. The summed E-state index contributed by atoms with van der Waals surface area (Å²) in [6.07, 6.45) is 2.79. The monoisotopic (exact) mass is 448 g/mol. The van der Waals surface area contributed by atoms with Gasteiger partial charge in [0.05, 0.1) is 4.90 Å².